The lowest BCUT2D eigenvalue weighted by atomic mass is 10.2. The zero-order chi connectivity index (χ0) is 18.5. The lowest BCUT2D eigenvalue weighted by molar-refractivity contribution is 0.101. The van der Waals surface area contributed by atoms with Crippen molar-refractivity contribution < 1.29 is 9.59 Å². The molecule has 0 saturated heterocycles. The molecule has 0 atom stereocenters. The molecule has 3 rings (SSSR count). The van der Waals surface area contributed by atoms with E-state index in [1.165, 1.54) is 0 Å². The van der Waals surface area contributed by atoms with E-state index in [9.17, 15) is 9.59 Å². The summed E-state index contributed by atoms with van der Waals surface area (Å²) in [6.45, 7) is 1.81. The fraction of sp³-hybridized carbons (Fsp3) is 0.0500. The minimum Gasteiger partial charge on any atom is -0.321 e. The number of nitrogens with one attached hydrogen (secondary N) is 2. The van der Waals surface area contributed by atoms with Crippen molar-refractivity contribution in [2.24, 2.45) is 0 Å². The molecule has 1 aromatic heterocycles. The van der Waals surface area contributed by atoms with Crippen molar-refractivity contribution in [3.05, 3.63) is 88.7 Å². The van der Waals surface area contributed by atoms with Crippen LogP contribution < -0.4 is 10.6 Å². The number of carbonyl (C=O) groups excluding carboxylic acids is 2. The molecule has 0 aliphatic carbocycles. The van der Waals surface area contributed by atoms with Gasteiger partial charge in [-0.2, -0.15) is 0 Å². The first kappa shape index (κ1) is 17.6. The minimum absolute atomic E-state index is 0.144. The summed E-state index contributed by atoms with van der Waals surface area (Å²) in [5.41, 5.74) is 2.32. The Bertz CT molecular complexity index is 958. The molecule has 0 spiro atoms. The fourth-order valence-corrected chi connectivity index (χ4v) is 2.51. The second kappa shape index (κ2) is 7.80. The Kier molecular flexibility index (Phi) is 5.29. The van der Waals surface area contributed by atoms with Crippen LogP contribution in [0.3, 0.4) is 0 Å². The Balaban J connectivity index is 1.77. The number of anilines is 2. The molecule has 0 aliphatic rings. The van der Waals surface area contributed by atoms with Gasteiger partial charge in [0.25, 0.3) is 11.8 Å². The average Bonchev–Trinajstić information content (AvgIpc) is 2.66. The monoisotopic (exact) mass is 365 g/mol. The van der Waals surface area contributed by atoms with Gasteiger partial charge in [-0.15, -0.1) is 0 Å². The highest BCUT2D eigenvalue weighted by atomic mass is 35.5. The number of aromatic nitrogens is 1. The van der Waals surface area contributed by atoms with Gasteiger partial charge < -0.3 is 10.6 Å². The molecule has 0 fully saturated rings. The summed E-state index contributed by atoms with van der Waals surface area (Å²) in [5.74, 6) is -0.797. The number of pyridine rings is 1. The second-order valence-electron chi connectivity index (χ2n) is 5.59. The van der Waals surface area contributed by atoms with E-state index in [2.05, 4.69) is 15.6 Å². The van der Waals surface area contributed by atoms with Crippen molar-refractivity contribution in [3.8, 4) is 0 Å². The molecule has 2 aromatic carbocycles. The number of benzene rings is 2. The number of nitrogens with zero attached hydrogens (tertiary/aromatic N) is 1. The summed E-state index contributed by atoms with van der Waals surface area (Å²) in [7, 11) is 0. The number of carbonyl (C=O) groups is 2. The quantitative estimate of drug-likeness (QED) is 0.712. The predicted octanol–water partition coefficient (Wildman–Crippen LogP) is 4.55. The van der Waals surface area contributed by atoms with Gasteiger partial charge in [-0.25, -0.2) is 4.98 Å². The third-order valence-corrected chi connectivity index (χ3v) is 4.17. The van der Waals surface area contributed by atoms with E-state index in [4.69, 9.17) is 11.6 Å². The molecule has 5 nitrogen and oxygen atoms in total. The van der Waals surface area contributed by atoms with Gasteiger partial charge in [-0.05, 0) is 48.9 Å². The molecule has 3 aromatic rings. The van der Waals surface area contributed by atoms with Gasteiger partial charge in [0.1, 0.15) is 11.4 Å². The van der Waals surface area contributed by atoms with Crippen molar-refractivity contribution >= 4 is 34.8 Å². The van der Waals surface area contributed by atoms with Gasteiger partial charge in [0.15, 0.2) is 0 Å². The van der Waals surface area contributed by atoms with Crippen LogP contribution in [0.2, 0.25) is 5.02 Å². The fourth-order valence-electron chi connectivity index (χ4n) is 2.33. The van der Waals surface area contributed by atoms with Gasteiger partial charge >= 0.3 is 0 Å². The molecule has 0 saturated carbocycles. The maximum Gasteiger partial charge on any atom is 0.274 e. The highest BCUT2D eigenvalue weighted by Crippen LogP contribution is 2.23. The molecule has 1 heterocycles. The second-order valence-corrected chi connectivity index (χ2v) is 6.00. The molecule has 0 aliphatic heterocycles. The lowest BCUT2D eigenvalue weighted by Gasteiger charge is -2.10. The van der Waals surface area contributed by atoms with E-state index in [0.29, 0.717) is 16.4 Å². The zero-order valence-electron chi connectivity index (χ0n) is 14.0. The zero-order valence-corrected chi connectivity index (χ0v) is 14.7. The summed E-state index contributed by atoms with van der Waals surface area (Å²) >= 11 is 6.07. The van der Waals surface area contributed by atoms with Crippen LogP contribution in [-0.4, -0.2) is 16.8 Å². The Labute approximate surface area is 156 Å². The first-order chi connectivity index (χ1) is 12.5. The Morgan fingerprint density at radius 1 is 0.808 bits per heavy atom. The summed E-state index contributed by atoms with van der Waals surface area (Å²) in [4.78, 5) is 28.9. The predicted molar refractivity (Wildman–Crippen MR) is 103 cm³/mol. The Morgan fingerprint density at radius 2 is 1.42 bits per heavy atom. The number of halogens is 1. The smallest absolute Gasteiger partial charge is 0.274 e. The Hall–Kier alpha value is -3.18. The molecular weight excluding hydrogens is 350 g/mol. The maximum atomic E-state index is 12.5. The van der Waals surface area contributed by atoms with Crippen molar-refractivity contribution in [3.63, 3.8) is 0 Å². The molecular formula is C20H16ClN3O2. The van der Waals surface area contributed by atoms with Crippen molar-refractivity contribution in [2.45, 2.75) is 6.92 Å². The van der Waals surface area contributed by atoms with Crippen molar-refractivity contribution in [2.75, 3.05) is 10.6 Å². The largest absolute Gasteiger partial charge is 0.321 e. The number of hydrogen-bond acceptors (Lipinski definition) is 3. The summed E-state index contributed by atoms with van der Waals surface area (Å²) in [6, 6.07) is 19.0. The van der Waals surface area contributed by atoms with Crippen LogP contribution >= 0.6 is 11.6 Å². The molecule has 0 unspecified atom stereocenters. The van der Waals surface area contributed by atoms with E-state index in [-0.39, 0.29) is 17.3 Å². The molecule has 26 heavy (non-hydrogen) atoms. The maximum absolute atomic E-state index is 12.5. The summed E-state index contributed by atoms with van der Waals surface area (Å²) < 4.78 is 0. The first-order valence-electron chi connectivity index (χ1n) is 7.94. The number of para-hydroxylation sites is 1. The molecule has 2 amide bonds. The number of amides is 2. The van der Waals surface area contributed by atoms with Crippen molar-refractivity contribution in [1.82, 2.24) is 4.98 Å². The van der Waals surface area contributed by atoms with E-state index in [0.717, 1.165) is 5.56 Å². The SMILES string of the molecule is Cc1c(Cl)cccc1NC(=O)c1cccc(C(=O)Nc2ccccc2)n1. The van der Waals surface area contributed by atoms with Crippen molar-refractivity contribution in [1.29, 1.82) is 0 Å². The first-order valence-corrected chi connectivity index (χ1v) is 8.32. The van der Waals surface area contributed by atoms with E-state index in [1.807, 2.05) is 25.1 Å². The number of hydrogen-bond donors (Lipinski definition) is 2. The van der Waals surface area contributed by atoms with Crippen LogP contribution in [0.25, 0.3) is 0 Å². The van der Waals surface area contributed by atoms with Gasteiger partial charge in [0.05, 0.1) is 0 Å². The third-order valence-electron chi connectivity index (χ3n) is 3.76. The Morgan fingerprint density at radius 3 is 2.12 bits per heavy atom. The van der Waals surface area contributed by atoms with E-state index < -0.39 is 5.91 Å². The van der Waals surface area contributed by atoms with Gasteiger partial charge in [0, 0.05) is 16.4 Å². The average molecular weight is 366 g/mol. The molecule has 130 valence electrons. The topological polar surface area (TPSA) is 71.1 Å². The minimum atomic E-state index is -0.412. The van der Waals surface area contributed by atoms with Crippen LogP contribution in [0, 0.1) is 6.92 Å². The van der Waals surface area contributed by atoms with E-state index >= 15 is 0 Å². The van der Waals surface area contributed by atoms with Crippen LogP contribution in [0.15, 0.2) is 66.7 Å². The molecule has 6 heteroatoms. The third kappa shape index (κ3) is 4.07. The van der Waals surface area contributed by atoms with Crippen LogP contribution in [0.5, 0.6) is 0 Å². The molecule has 0 bridgehead atoms. The summed E-state index contributed by atoms with van der Waals surface area (Å²) in [5, 5.41) is 6.07. The molecule has 0 radical (unpaired) electrons. The van der Waals surface area contributed by atoms with Gasteiger partial charge in [0.2, 0.25) is 0 Å². The highest BCUT2D eigenvalue weighted by Gasteiger charge is 2.14. The van der Waals surface area contributed by atoms with Crippen LogP contribution in [0.1, 0.15) is 26.5 Å². The number of rotatable bonds is 4. The summed E-state index contributed by atoms with van der Waals surface area (Å²) in [6.07, 6.45) is 0. The van der Waals surface area contributed by atoms with Gasteiger partial charge in [-0.3, -0.25) is 9.59 Å². The highest BCUT2D eigenvalue weighted by molar-refractivity contribution is 6.31. The van der Waals surface area contributed by atoms with Crippen LogP contribution in [-0.2, 0) is 0 Å². The molecule has 2 N–H and O–H groups in total. The van der Waals surface area contributed by atoms with E-state index in [1.54, 1.807) is 48.5 Å². The van der Waals surface area contributed by atoms with Gasteiger partial charge in [-0.1, -0.05) is 41.9 Å². The lowest BCUT2D eigenvalue weighted by Crippen LogP contribution is -2.18. The normalized spacial score (nSPS) is 10.2. The van der Waals surface area contributed by atoms with Crippen LogP contribution in [0.4, 0.5) is 11.4 Å². The standard InChI is InChI=1S/C20H16ClN3O2/c1-13-15(21)9-5-10-16(13)24-20(26)18-12-6-11-17(23-18)19(25)22-14-7-3-2-4-8-14/h2-12H,1H3,(H,22,25)(H,24,26).